The topological polar surface area (TPSA) is 42.4 Å². The number of anilines is 1. The van der Waals surface area contributed by atoms with Crippen LogP contribution in [-0.4, -0.2) is 23.8 Å². The van der Waals surface area contributed by atoms with E-state index in [0.717, 1.165) is 32.0 Å². The Morgan fingerprint density at radius 2 is 1.84 bits per heavy atom. The number of thiazole rings is 1. The van der Waals surface area contributed by atoms with E-state index >= 15 is 0 Å². The maximum absolute atomic E-state index is 13.3. The number of fused-ring (bicyclic) bond motifs is 1. The lowest BCUT2D eigenvalue weighted by atomic mass is 10.2. The maximum atomic E-state index is 13.3. The van der Waals surface area contributed by atoms with Gasteiger partial charge in [0.2, 0.25) is 5.91 Å². The zero-order valence-corrected chi connectivity index (χ0v) is 20.3. The molecule has 3 aromatic carbocycles. The molecule has 0 aliphatic carbocycles. The molecule has 0 saturated carbocycles. The number of halogens is 1. The predicted octanol–water partition coefficient (Wildman–Crippen LogP) is 6.98. The molecule has 0 atom stereocenters. The third-order valence-corrected chi connectivity index (χ3v) is 7.51. The Labute approximate surface area is 201 Å². The summed E-state index contributed by atoms with van der Waals surface area (Å²) >= 11 is 9.14. The summed E-state index contributed by atoms with van der Waals surface area (Å²) in [4.78, 5) is 21.0. The number of amides is 1. The van der Waals surface area contributed by atoms with Crippen LogP contribution < -0.4 is 9.64 Å². The van der Waals surface area contributed by atoms with Gasteiger partial charge in [-0.2, -0.15) is 0 Å². The Kier molecular flexibility index (Phi) is 7.35. The molecule has 0 radical (unpaired) electrons. The highest BCUT2D eigenvalue weighted by molar-refractivity contribution is 7.99. The summed E-state index contributed by atoms with van der Waals surface area (Å²) in [7, 11) is 1.64. The Hall–Kier alpha value is -2.54. The molecule has 32 heavy (non-hydrogen) atoms. The fourth-order valence-electron chi connectivity index (χ4n) is 3.33. The number of carbonyl (C=O) groups excluding carboxylic acids is 1. The summed E-state index contributed by atoms with van der Waals surface area (Å²) in [5.41, 5.74) is 2.98. The minimum absolute atomic E-state index is 0.0472. The van der Waals surface area contributed by atoms with Gasteiger partial charge in [-0.25, -0.2) is 4.98 Å². The van der Waals surface area contributed by atoms with Crippen molar-refractivity contribution < 1.29 is 9.53 Å². The van der Waals surface area contributed by atoms with Crippen LogP contribution in [0.15, 0.2) is 71.6 Å². The maximum Gasteiger partial charge on any atom is 0.229 e. The highest BCUT2D eigenvalue weighted by Gasteiger charge is 2.22. The first-order valence-electron chi connectivity index (χ1n) is 10.2. The molecule has 0 fully saturated rings. The lowest BCUT2D eigenvalue weighted by Crippen LogP contribution is -2.30. The molecule has 1 amide bonds. The smallest absolute Gasteiger partial charge is 0.229 e. The molecular formula is C25H23ClN2O2S2. The standard InChI is InChI=1S/C25H23ClN2O2S2/c1-17-8-13-21(30-2)23-24(17)32-25(27-23)28(16-18-6-4-3-5-7-18)22(29)14-15-31-20-11-9-19(26)10-12-20/h3-13H,14-16H2,1-2H3. The normalized spacial score (nSPS) is 11.0. The van der Waals surface area contributed by atoms with Gasteiger partial charge in [0.25, 0.3) is 0 Å². The lowest BCUT2D eigenvalue weighted by molar-refractivity contribution is -0.118. The van der Waals surface area contributed by atoms with Crippen LogP contribution in [0.3, 0.4) is 0 Å². The van der Waals surface area contributed by atoms with Crippen molar-refractivity contribution >= 4 is 56.0 Å². The third-order valence-electron chi connectivity index (χ3n) is 5.03. The van der Waals surface area contributed by atoms with Crippen molar-refractivity contribution in [1.29, 1.82) is 0 Å². The zero-order valence-electron chi connectivity index (χ0n) is 17.9. The molecule has 0 aliphatic rings. The second kappa shape index (κ2) is 10.4. The van der Waals surface area contributed by atoms with Gasteiger partial charge < -0.3 is 4.74 Å². The summed E-state index contributed by atoms with van der Waals surface area (Å²) in [6.07, 6.45) is 0.409. The van der Waals surface area contributed by atoms with Crippen LogP contribution in [0.4, 0.5) is 5.13 Å². The van der Waals surface area contributed by atoms with Gasteiger partial charge in [0.1, 0.15) is 11.3 Å². The molecule has 7 heteroatoms. The van der Waals surface area contributed by atoms with E-state index in [9.17, 15) is 4.79 Å². The van der Waals surface area contributed by atoms with E-state index in [2.05, 4.69) is 6.92 Å². The van der Waals surface area contributed by atoms with E-state index in [1.54, 1.807) is 23.8 Å². The molecule has 4 nitrogen and oxygen atoms in total. The number of aryl methyl sites for hydroxylation is 1. The number of benzene rings is 3. The molecule has 0 spiro atoms. The first-order valence-corrected chi connectivity index (χ1v) is 12.4. The lowest BCUT2D eigenvalue weighted by Gasteiger charge is -2.20. The molecular weight excluding hydrogens is 460 g/mol. The van der Waals surface area contributed by atoms with E-state index in [1.165, 1.54) is 11.3 Å². The third kappa shape index (κ3) is 5.26. The van der Waals surface area contributed by atoms with Gasteiger partial charge in [-0.1, -0.05) is 59.3 Å². The number of hydrogen-bond acceptors (Lipinski definition) is 5. The molecule has 0 N–H and O–H groups in total. The van der Waals surface area contributed by atoms with Crippen LogP contribution in [0.2, 0.25) is 5.02 Å². The zero-order chi connectivity index (χ0) is 22.5. The number of ether oxygens (including phenoxy) is 1. The van der Waals surface area contributed by atoms with Gasteiger partial charge in [-0.15, -0.1) is 11.8 Å². The largest absolute Gasteiger partial charge is 0.494 e. The van der Waals surface area contributed by atoms with Gasteiger partial charge in [-0.3, -0.25) is 9.69 Å². The molecule has 4 rings (SSSR count). The summed E-state index contributed by atoms with van der Waals surface area (Å²) in [6.45, 7) is 2.53. The van der Waals surface area contributed by atoms with Gasteiger partial charge in [0.05, 0.1) is 18.4 Å². The number of aromatic nitrogens is 1. The molecule has 0 unspecified atom stereocenters. The van der Waals surface area contributed by atoms with Crippen molar-refractivity contribution in [1.82, 2.24) is 4.98 Å². The summed E-state index contributed by atoms with van der Waals surface area (Å²) in [5, 5.41) is 1.40. The average Bonchev–Trinajstić information content (AvgIpc) is 3.26. The summed E-state index contributed by atoms with van der Waals surface area (Å²) in [5.74, 6) is 1.45. The molecule has 0 bridgehead atoms. The Morgan fingerprint density at radius 1 is 1.09 bits per heavy atom. The SMILES string of the molecule is COc1ccc(C)c2sc(N(Cc3ccccc3)C(=O)CCSc3ccc(Cl)cc3)nc12. The van der Waals surface area contributed by atoms with Gasteiger partial charge in [0.15, 0.2) is 5.13 Å². The Bertz CT molecular complexity index is 1210. The van der Waals surface area contributed by atoms with Crippen molar-refractivity contribution in [3.8, 4) is 5.75 Å². The first-order chi connectivity index (χ1) is 15.5. The second-order valence-electron chi connectivity index (χ2n) is 7.28. The van der Waals surface area contributed by atoms with Crippen LogP contribution in [-0.2, 0) is 11.3 Å². The first kappa shape index (κ1) is 22.6. The van der Waals surface area contributed by atoms with Crippen LogP contribution in [0.1, 0.15) is 17.5 Å². The second-order valence-corrected chi connectivity index (χ2v) is 9.86. The summed E-state index contributed by atoms with van der Waals surface area (Å²) in [6, 6.07) is 21.6. The van der Waals surface area contributed by atoms with Gasteiger partial charge in [-0.05, 0) is 48.4 Å². The molecule has 4 aromatic rings. The number of methoxy groups -OCH3 is 1. The van der Waals surface area contributed by atoms with E-state index in [0.29, 0.717) is 28.9 Å². The molecule has 0 aliphatic heterocycles. The van der Waals surface area contributed by atoms with Crippen LogP contribution in [0.25, 0.3) is 10.2 Å². The van der Waals surface area contributed by atoms with E-state index in [-0.39, 0.29) is 5.91 Å². The monoisotopic (exact) mass is 482 g/mol. The van der Waals surface area contributed by atoms with E-state index in [4.69, 9.17) is 21.3 Å². The minimum Gasteiger partial charge on any atom is -0.494 e. The van der Waals surface area contributed by atoms with Crippen molar-refractivity contribution in [3.05, 3.63) is 82.9 Å². The fourth-order valence-corrected chi connectivity index (χ4v) is 5.36. The molecule has 164 valence electrons. The molecule has 1 heterocycles. The number of hydrogen-bond donors (Lipinski definition) is 0. The van der Waals surface area contributed by atoms with Crippen molar-refractivity contribution in [2.45, 2.75) is 24.8 Å². The van der Waals surface area contributed by atoms with Crippen molar-refractivity contribution in [2.75, 3.05) is 17.8 Å². The molecule has 1 aromatic heterocycles. The number of rotatable bonds is 8. The Morgan fingerprint density at radius 3 is 2.56 bits per heavy atom. The van der Waals surface area contributed by atoms with Gasteiger partial charge in [0, 0.05) is 22.1 Å². The Balaban J connectivity index is 1.58. The van der Waals surface area contributed by atoms with Crippen LogP contribution in [0, 0.1) is 6.92 Å². The highest BCUT2D eigenvalue weighted by atomic mass is 35.5. The van der Waals surface area contributed by atoms with E-state index in [1.807, 2.05) is 66.7 Å². The number of nitrogens with zero attached hydrogens (tertiary/aromatic N) is 2. The molecule has 0 saturated heterocycles. The van der Waals surface area contributed by atoms with E-state index < -0.39 is 0 Å². The van der Waals surface area contributed by atoms with Crippen LogP contribution in [0.5, 0.6) is 5.75 Å². The predicted molar refractivity (Wildman–Crippen MR) is 135 cm³/mol. The van der Waals surface area contributed by atoms with Crippen LogP contribution >= 0.6 is 34.7 Å². The average molecular weight is 483 g/mol. The van der Waals surface area contributed by atoms with Crippen molar-refractivity contribution in [2.24, 2.45) is 0 Å². The highest BCUT2D eigenvalue weighted by Crippen LogP contribution is 2.37. The summed E-state index contributed by atoms with van der Waals surface area (Å²) < 4.78 is 6.55. The number of carbonyl (C=O) groups is 1. The fraction of sp³-hybridized carbons (Fsp3) is 0.200. The quantitative estimate of drug-likeness (QED) is 0.254. The van der Waals surface area contributed by atoms with Gasteiger partial charge >= 0.3 is 0 Å². The van der Waals surface area contributed by atoms with Crippen molar-refractivity contribution in [3.63, 3.8) is 0 Å². The minimum atomic E-state index is 0.0472. The number of thioether (sulfide) groups is 1.